The number of carbonyl (C=O) groups is 1. The number of sulfonamides is 1. The highest BCUT2D eigenvalue weighted by Gasteiger charge is 2.30. The average molecular weight is 519 g/mol. The van der Waals surface area contributed by atoms with Crippen LogP contribution in [0.4, 0.5) is 15.8 Å². The van der Waals surface area contributed by atoms with Crippen LogP contribution < -0.4 is 14.4 Å². The summed E-state index contributed by atoms with van der Waals surface area (Å²) in [4.78, 5) is 12.3. The third-order valence-corrected chi connectivity index (χ3v) is 7.45. The third kappa shape index (κ3) is 4.49. The third-order valence-electron chi connectivity index (χ3n) is 5.14. The molecular weight excluding hydrogens is 499 g/mol. The number of aryl methyl sites for hydroxylation is 1. The zero-order valence-corrected chi connectivity index (χ0v) is 19.5. The lowest BCUT2D eigenvalue weighted by Crippen LogP contribution is -2.29. The molecule has 0 bridgehead atoms. The van der Waals surface area contributed by atoms with Crippen LogP contribution in [0.25, 0.3) is 0 Å². The van der Waals surface area contributed by atoms with Crippen molar-refractivity contribution in [3.05, 3.63) is 82.1 Å². The van der Waals surface area contributed by atoms with E-state index in [1.165, 1.54) is 34.6 Å². The fourth-order valence-electron chi connectivity index (χ4n) is 3.55. The number of hydrogen-bond acceptors (Lipinski definition) is 4. The van der Waals surface area contributed by atoms with E-state index in [0.717, 1.165) is 5.56 Å². The second-order valence-corrected chi connectivity index (χ2v) is 10.1. The molecule has 4 rings (SSSR count). The van der Waals surface area contributed by atoms with E-state index in [0.29, 0.717) is 34.4 Å². The van der Waals surface area contributed by atoms with Gasteiger partial charge in [-0.1, -0.05) is 34.1 Å². The molecule has 0 aromatic heterocycles. The molecule has 1 N–H and O–H groups in total. The van der Waals surface area contributed by atoms with Crippen LogP contribution in [-0.2, 0) is 21.2 Å². The zero-order valence-electron chi connectivity index (χ0n) is 17.1. The smallest absolute Gasteiger partial charge is 0.264 e. The minimum absolute atomic E-state index is 0.0471. The van der Waals surface area contributed by atoms with E-state index in [9.17, 15) is 17.6 Å². The van der Waals surface area contributed by atoms with Crippen molar-refractivity contribution in [2.24, 2.45) is 0 Å². The quantitative estimate of drug-likeness (QED) is 0.514. The van der Waals surface area contributed by atoms with Gasteiger partial charge in [0.2, 0.25) is 0 Å². The van der Waals surface area contributed by atoms with Crippen LogP contribution >= 0.6 is 15.9 Å². The number of ether oxygens (including phenoxy) is 1. The molecule has 3 aromatic carbocycles. The van der Waals surface area contributed by atoms with Crippen LogP contribution in [0, 0.1) is 12.7 Å². The van der Waals surface area contributed by atoms with Crippen LogP contribution in [0.3, 0.4) is 0 Å². The van der Waals surface area contributed by atoms with Gasteiger partial charge in [0.15, 0.2) is 6.61 Å². The van der Waals surface area contributed by atoms with Gasteiger partial charge in [0.1, 0.15) is 11.6 Å². The maximum absolute atomic E-state index is 13.9. The van der Waals surface area contributed by atoms with E-state index in [1.807, 2.05) is 18.2 Å². The average Bonchev–Trinajstić information content (AvgIpc) is 3.20. The standard InChI is InChI=1S/C23H20BrFN2O4S/c1-15-12-18(32(29,30)27-11-10-16-4-2-3-5-21(16)27)7-9-22(15)31-14-23(28)26-20-8-6-17(24)13-19(20)25/h2-9,12-13H,10-11,14H2,1H3,(H,26,28). The minimum atomic E-state index is -3.72. The highest BCUT2D eigenvalue weighted by atomic mass is 79.9. The first-order valence-corrected chi connectivity index (χ1v) is 12.1. The van der Waals surface area contributed by atoms with Gasteiger partial charge < -0.3 is 10.1 Å². The summed E-state index contributed by atoms with van der Waals surface area (Å²) in [5, 5.41) is 2.45. The van der Waals surface area contributed by atoms with Crippen LogP contribution in [0.5, 0.6) is 5.75 Å². The first-order valence-electron chi connectivity index (χ1n) is 9.85. The van der Waals surface area contributed by atoms with Gasteiger partial charge in [-0.3, -0.25) is 9.10 Å². The van der Waals surface area contributed by atoms with Crippen molar-refractivity contribution in [1.29, 1.82) is 0 Å². The summed E-state index contributed by atoms with van der Waals surface area (Å²) in [6.07, 6.45) is 0.670. The fourth-order valence-corrected chi connectivity index (χ4v) is 5.47. The van der Waals surface area contributed by atoms with Gasteiger partial charge >= 0.3 is 0 Å². The lowest BCUT2D eigenvalue weighted by molar-refractivity contribution is -0.118. The zero-order chi connectivity index (χ0) is 22.9. The van der Waals surface area contributed by atoms with Gasteiger partial charge in [-0.05, 0) is 66.9 Å². The van der Waals surface area contributed by atoms with Crippen LogP contribution in [0.2, 0.25) is 0 Å². The Kier molecular flexibility index (Phi) is 6.21. The number of halogens is 2. The number of nitrogens with one attached hydrogen (secondary N) is 1. The Morgan fingerprint density at radius 2 is 1.94 bits per heavy atom. The van der Waals surface area contributed by atoms with Gasteiger partial charge in [0.05, 0.1) is 16.3 Å². The summed E-state index contributed by atoms with van der Waals surface area (Å²) in [5.74, 6) is -0.727. The molecule has 32 heavy (non-hydrogen) atoms. The Morgan fingerprint density at radius 1 is 1.16 bits per heavy atom. The summed E-state index contributed by atoms with van der Waals surface area (Å²) >= 11 is 3.16. The number of rotatable bonds is 6. The molecular formula is C23H20BrFN2O4S. The van der Waals surface area contributed by atoms with Crippen molar-refractivity contribution in [1.82, 2.24) is 0 Å². The van der Waals surface area contributed by atoms with Crippen LogP contribution in [0.15, 0.2) is 70.0 Å². The van der Waals surface area contributed by atoms with Crippen molar-refractivity contribution >= 4 is 43.2 Å². The Hall–Kier alpha value is -2.91. The topological polar surface area (TPSA) is 75.7 Å². The molecule has 1 aliphatic heterocycles. The van der Waals surface area contributed by atoms with Gasteiger partial charge in [0.25, 0.3) is 15.9 Å². The van der Waals surface area contributed by atoms with E-state index in [2.05, 4.69) is 21.2 Å². The Morgan fingerprint density at radius 3 is 2.69 bits per heavy atom. The molecule has 3 aromatic rings. The molecule has 166 valence electrons. The van der Waals surface area contributed by atoms with Gasteiger partial charge in [-0.25, -0.2) is 12.8 Å². The number of amides is 1. The fraction of sp³-hybridized carbons (Fsp3) is 0.174. The Balaban J connectivity index is 1.45. The maximum atomic E-state index is 13.9. The number of carbonyl (C=O) groups excluding carboxylic acids is 1. The largest absolute Gasteiger partial charge is 0.483 e. The van der Waals surface area contributed by atoms with Crippen molar-refractivity contribution < 1.29 is 22.3 Å². The molecule has 0 aliphatic carbocycles. The van der Waals surface area contributed by atoms with Crippen LogP contribution in [-0.4, -0.2) is 27.5 Å². The second kappa shape index (κ2) is 8.91. The molecule has 1 heterocycles. The number of anilines is 2. The molecule has 0 unspecified atom stereocenters. The summed E-state index contributed by atoms with van der Waals surface area (Å²) in [5.41, 5.74) is 2.32. The summed E-state index contributed by atoms with van der Waals surface area (Å²) in [6.45, 7) is 1.76. The summed E-state index contributed by atoms with van der Waals surface area (Å²) < 4.78 is 47.7. The van der Waals surface area contributed by atoms with E-state index in [4.69, 9.17) is 4.74 Å². The van der Waals surface area contributed by atoms with Gasteiger partial charge in [-0.2, -0.15) is 0 Å². The number of nitrogens with zero attached hydrogens (tertiary/aromatic N) is 1. The molecule has 0 spiro atoms. The van der Waals surface area contributed by atoms with Crippen molar-refractivity contribution in [3.63, 3.8) is 0 Å². The van der Waals surface area contributed by atoms with E-state index in [1.54, 1.807) is 19.1 Å². The highest BCUT2D eigenvalue weighted by Crippen LogP contribution is 2.33. The molecule has 0 atom stereocenters. The predicted molar refractivity (Wildman–Crippen MR) is 124 cm³/mol. The second-order valence-electron chi connectivity index (χ2n) is 7.34. The maximum Gasteiger partial charge on any atom is 0.264 e. The lowest BCUT2D eigenvalue weighted by atomic mass is 10.2. The van der Waals surface area contributed by atoms with Gasteiger partial charge in [-0.15, -0.1) is 0 Å². The van der Waals surface area contributed by atoms with Crippen molar-refractivity contribution in [2.45, 2.75) is 18.2 Å². The first kappa shape index (κ1) is 22.3. The van der Waals surface area contributed by atoms with Crippen molar-refractivity contribution in [3.8, 4) is 5.75 Å². The number of hydrogen-bond donors (Lipinski definition) is 1. The van der Waals surface area contributed by atoms with Crippen molar-refractivity contribution in [2.75, 3.05) is 22.8 Å². The van der Waals surface area contributed by atoms with E-state index >= 15 is 0 Å². The molecule has 0 saturated carbocycles. The molecule has 1 aliphatic rings. The number of fused-ring (bicyclic) bond motifs is 1. The molecule has 9 heteroatoms. The first-order chi connectivity index (χ1) is 15.3. The number of benzene rings is 3. The number of para-hydroxylation sites is 1. The highest BCUT2D eigenvalue weighted by molar-refractivity contribution is 9.10. The van der Waals surface area contributed by atoms with E-state index in [-0.39, 0.29) is 17.2 Å². The predicted octanol–water partition coefficient (Wildman–Crippen LogP) is 4.67. The summed E-state index contributed by atoms with van der Waals surface area (Å²) in [7, 11) is -3.72. The summed E-state index contributed by atoms with van der Waals surface area (Å²) in [6, 6.07) is 16.3. The molecule has 0 radical (unpaired) electrons. The molecule has 1 amide bonds. The molecule has 6 nitrogen and oxygen atoms in total. The Labute approximate surface area is 194 Å². The molecule has 0 fully saturated rings. The SMILES string of the molecule is Cc1cc(S(=O)(=O)N2CCc3ccccc32)ccc1OCC(=O)Nc1ccc(Br)cc1F. The normalized spacial score (nSPS) is 13.0. The Bertz CT molecular complexity index is 1300. The molecule has 0 saturated heterocycles. The van der Waals surface area contributed by atoms with Gasteiger partial charge in [0, 0.05) is 11.0 Å². The van der Waals surface area contributed by atoms with Crippen LogP contribution in [0.1, 0.15) is 11.1 Å². The lowest BCUT2D eigenvalue weighted by Gasteiger charge is -2.20. The monoisotopic (exact) mass is 518 g/mol. The minimum Gasteiger partial charge on any atom is -0.483 e. The van der Waals surface area contributed by atoms with E-state index < -0.39 is 21.7 Å².